The number of carbonyl (C=O) groups is 6. The van der Waals surface area contributed by atoms with Crippen molar-refractivity contribution in [3.05, 3.63) is 88.6 Å². The minimum Gasteiger partial charge on any atom is -0.461 e. The van der Waals surface area contributed by atoms with Crippen molar-refractivity contribution >= 4 is 41.4 Å². The van der Waals surface area contributed by atoms with Crippen molar-refractivity contribution in [2.75, 3.05) is 18.1 Å². The van der Waals surface area contributed by atoms with Crippen LogP contribution in [0, 0.1) is 25.7 Å². The summed E-state index contributed by atoms with van der Waals surface area (Å²) in [6, 6.07) is 8.00. The molecule has 0 aliphatic carbocycles. The Morgan fingerprint density at radius 1 is 1.04 bits per heavy atom. The average Bonchev–Trinajstić information content (AvgIpc) is 3.49. The first-order valence-electron chi connectivity index (χ1n) is 18.1. The first-order valence-corrected chi connectivity index (χ1v) is 18.1. The highest BCUT2D eigenvalue weighted by Crippen LogP contribution is 2.37. The third kappa shape index (κ3) is 10.3. The number of rotatable bonds is 16. The van der Waals surface area contributed by atoms with Gasteiger partial charge in [0.1, 0.15) is 13.2 Å². The van der Waals surface area contributed by atoms with Gasteiger partial charge in [0.15, 0.2) is 12.0 Å². The van der Waals surface area contributed by atoms with Crippen LogP contribution in [0.15, 0.2) is 60.8 Å². The number of nitrogens with one attached hydrogen (secondary N) is 2. The van der Waals surface area contributed by atoms with Crippen molar-refractivity contribution in [2.24, 2.45) is 17.6 Å². The summed E-state index contributed by atoms with van der Waals surface area (Å²) >= 11 is 0. The Balaban J connectivity index is 1.44. The van der Waals surface area contributed by atoms with Gasteiger partial charge in [0.25, 0.3) is 5.91 Å². The number of nitrogens with zero attached hydrogens (tertiary/aromatic N) is 2. The molecular formula is C40H51N5O9. The Kier molecular flexibility index (Phi) is 14.1. The lowest BCUT2D eigenvalue weighted by Gasteiger charge is -2.31. The Morgan fingerprint density at radius 2 is 1.70 bits per heavy atom. The number of urea groups is 1. The number of aliphatic hydroxyl groups excluding tert-OH is 1. The summed E-state index contributed by atoms with van der Waals surface area (Å²) in [5.74, 6) is -2.55. The van der Waals surface area contributed by atoms with E-state index < -0.39 is 48.2 Å². The number of esters is 1. The summed E-state index contributed by atoms with van der Waals surface area (Å²) < 4.78 is 10.8. The lowest BCUT2D eigenvalue weighted by Crippen LogP contribution is -2.50. The third-order valence-corrected chi connectivity index (χ3v) is 9.72. The minimum absolute atomic E-state index is 0.0229. The fourth-order valence-electron chi connectivity index (χ4n) is 6.53. The molecule has 0 fully saturated rings. The summed E-state index contributed by atoms with van der Waals surface area (Å²) in [7, 11) is 0. The molecule has 4 atom stereocenters. The molecule has 0 saturated carbocycles. The van der Waals surface area contributed by atoms with E-state index in [0.717, 1.165) is 21.6 Å². The Bertz CT molecular complexity index is 1790. The number of fused-ring (bicyclic) bond motifs is 2. The van der Waals surface area contributed by atoms with Crippen molar-refractivity contribution in [3.8, 4) is 0 Å². The number of Topliss-reactive ketones (excluding diaryl/α,β-unsaturated/α-hetero) is 1. The van der Waals surface area contributed by atoms with Crippen molar-refractivity contribution < 1.29 is 43.3 Å². The highest BCUT2D eigenvalue weighted by atomic mass is 16.6. The number of primary amides is 1. The zero-order valence-electron chi connectivity index (χ0n) is 31.6. The molecule has 0 bridgehead atoms. The van der Waals surface area contributed by atoms with Crippen molar-refractivity contribution in [1.29, 1.82) is 0 Å². The fraction of sp³-hybridized carbons (Fsp3) is 0.450. The lowest BCUT2D eigenvalue weighted by molar-refractivity contribution is -0.146. The van der Waals surface area contributed by atoms with Gasteiger partial charge in [-0.1, -0.05) is 56.3 Å². The van der Waals surface area contributed by atoms with Crippen LogP contribution in [0.2, 0.25) is 0 Å². The van der Waals surface area contributed by atoms with Crippen molar-refractivity contribution in [3.63, 3.8) is 0 Å². The van der Waals surface area contributed by atoms with Crippen LogP contribution < -0.4 is 21.3 Å². The van der Waals surface area contributed by atoms with Crippen LogP contribution in [0.4, 0.5) is 15.3 Å². The molecule has 2 heterocycles. The highest BCUT2D eigenvalue weighted by molar-refractivity contribution is 6.06. The van der Waals surface area contributed by atoms with Gasteiger partial charge in [0.2, 0.25) is 5.91 Å². The van der Waals surface area contributed by atoms with Crippen LogP contribution in [0.5, 0.6) is 0 Å². The van der Waals surface area contributed by atoms with Gasteiger partial charge in [-0.05, 0) is 80.3 Å². The smallest absolute Gasteiger partial charge is 0.416 e. The van der Waals surface area contributed by atoms with Gasteiger partial charge in [-0.2, -0.15) is 0 Å². The molecule has 5 amide bonds. The molecule has 5 N–H and O–H groups in total. The van der Waals surface area contributed by atoms with Gasteiger partial charge in [-0.25, -0.2) is 14.5 Å². The largest absolute Gasteiger partial charge is 0.461 e. The monoisotopic (exact) mass is 745 g/mol. The van der Waals surface area contributed by atoms with Crippen LogP contribution in [-0.4, -0.2) is 77.2 Å². The van der Waals surface area contributed by atoms with Crippen LogP contribution in [0.3, 0.4) is 0 Å². The number of aryl methyl sites for hydroxylation is 2. The zero-order valence-corrected chi connectivity index (χ0v) is 31.6. The normalized spacial score (nSPS) is 17.4. The number of hydrogen-bond donors (Lipinski definition) is 4. The van der Waals surface area contributed by atoms with Crippen LogP contribution in [0.1, 0.15) is 79.1 Å². The number of carbonyl (C=O) groups excluding carboxylic acids is 6. The zero-order chi connectivity index (χ0) is 39.7. The van der Waals surface area contributed by atoms with Crippen LogP contribution in [-0.2, 0) is 36.9 Å². The van der Waals surface area contributed by atoms with Gasteiger partial charge >= 0.3 is 18.1 Å². The van der Waals surface area contributed by atoms with E-state index in [9.17, 15) is 33.9 Å². The molecule has 0 spiro atoms. The maximum absolute atomic E-state index is 13.6. The van der Waals surface area contributed by atoms with E-state index in [0.29, 0.717) is 29.5 Å². The molecule has 0 aromatic heterocycles. The number of anilines is 1. The standard InChI is InChI=1S/C40H51N5O9/c1-7-15-53-35(47)20-29(23(2)3)36(48)43-31(9-8-14-42-39(41)51)34(46)19-27-10-12-28(13-11-27)22-54-40(52)45-32-18-26(6)25(5)17-30(32)37(49)44-21-24(4)16-33(44)38(45)50/h7,10-13,17-18,21,23,29,31,33,38,50H,1,8-9,14-16,19-20,22H2,2-6H3,(H,43,48)(H3,41,42,51)/t29-,31-,33-,38-/m0/s1. The van der Waals surface area contributed by atoms with Gasteiger partial charge in [-0.3, -0.25) is 19.2 Å². The van der Waals surface area contributed by atoms with E-state index in [2.05, 4.69) is 17.2 Å². The molecule has 0 unspecified atom stereocenters. The fourth-order valence-corrected chi connectivity index (χ4v) is 6.53. The number of ether oxygens (including phenoxy) is 2. The van der Waals surface area contributed by atoms with Crippen molar-refractivity contribution in [2.45, 2.75) is 91.6 Å². The van der Waals surface area contributed by atoms with Crippen LogP contribution >= 0.6 is 0 Å². The Hall–Kier alpha value is -5.50. The number of benzene rings is 2. The summed E-state index contributed by atoms with van der Waals surface area (Å²) in [4.78, 5) is 80.2. The first kappa shape index (κ1) is 41.3. The predicted octanol–water partition coefficient (Wildman–Crippen LogP) is 4.33. The number of nitrogens with two attached hydrogens (primary N) is 1. The molecule has 290 valence electrons. The lowest BCUT2D eigenvalue weighted by atomic mass is 9.90. The average molecular weight is 746 g/mol. The molecule has 2 aliphatic rings. The molecule has 2 aliphatic heterocycles. The number of ketones is 1. The third-order valence-electron chi connectivity index (χ3n) is 9.72. The van der Waals surface area contributed by atoms with E-state index in [1.54, 1.807) is 56.4 Å². The van der Waals surface area contributed by atoms with E-state index in [1.165, 1.54) is 11.0 Å². The molecule has 0 radical (unpaired) electrons. The summed E-state index contributed by atoms with van der Waals surface area (Å²) in [6.45, 7) is 12.8. The number of hydrogen-bond acceptors (Lipinski definition) is 9. The van der Waals surface area contributed by atoms with Gasteiger partial charge in [0, 0.05) is 19.2 Å². The SMILES string of the molecule is C=CCOC(=O)C[C@H](C(=O)N[C@@H](CCCNC(N)=O)C(=O)Cc1ccc(COC(=O)N2c3cc(C)c(C)cc3C(=O)N3C=C(C)C[C@H]3[C@@H]2O)cc1)C(C)C. The molecule has 2 aromatic rings. The summed E-state index contributed by atoms with van der Waals surface area (Å²) in [5.41, 5.74) is 9.62. The summed E-state index contributed by atoms with van der Waals surface area (Å²) in [5, 5.41) is 16.8. The van der Waals surface area contributed by atoms with E-state index >= 15 is 0 Å². The predicted molar refractivity (Wildman–Crippen MR) is 201 cm³/mol. The second kappa shape index (κ2) is 18.5. The molecule has 2 aromatic carbocycles. The maximum Gasteiger partial charge on any atom is 0.416 e. The van der Waals surface area contributed by atoms with Crippen molar-refractivity contribution in [1.82, 2.24) is 15.5 Å². The van der Waals surface area contributed by atoms with Gasteiger partial charge in [0.05, 0.1) is 35.7 Å². The molecular weight excluding hydrogens is 694 g/mol. The summed E-state index contributed by atoms with van der Waals surface area (Å²) in [6.07, 6.45) is 1.76. The Labute approximate surface area is 315 Å². The number of amides is 5. The van der Waals surface area contributed by atoms with Gasteiger partial charge < -0.3 is 35.8 Å². The quantitative estimate of drug-likeness (QED) is 0.110. The van der Waals surface area contributed by atoms with E-state index in [-0.39, 0.29) is 62.3 Å². The second-order valence-corrected chi connectivity index (χ2v) is 14.2. The topological polar surface area (TPSA) is 198 Å². The van der Waals surface area contributed by atoms with Gasteiger partial charge in [-0.15, -0.1) is 0 Å². The molecule has 0 saturated heterocycles. The molecule has 4 rings (SSSR count). The second-order valence-electron chi connectivity index (χ2n) is 14.2. The minimum atomic E-state index is -1.35. The molecule has 14 heteroatoms. The van der Waals surface area contributed by atoms with Crippen LogP contribution in [0.25, 0.3) is 0 Å². The maximum atomic E-state index is 13.6. The first-order chi connectivity index (χ1) is 25.6. The molecule has 54 heavy (non-hydrogen) atoms. The number of aliphatic hydroxyl groups is 1. The molecule has 14 nitrogen and oxygen atoms in total. The Morgan fingerprint density at radius 3 is 2.35 bits per heavy atom. The van der Waals surface area contributed by atoms with E-state index in [4.69, 9.17) is 15.2 Å². The highest BCUT2D eigenvalue weighted by Gasteiger charge is 2.44. The van der Waals surface area contributed by atoms with E-state index in [1.807, 2.05) is 20.8 Å².